The molecule has 0 aromatic carbocycles. The van der Waals surface area contributed by atoms with Crippen LogP contribution in [0.4, 0.5) is 11.5 Å². The molecule has 0 aliphatic carbocycles. The van der Waals surface area contributed by atoms with Crippen LogP contribution in [0.3, 0.4) is 0 Å². The van der Waals surface area contributed by atoms with E-state index in [4.69, 9.17) is 0 Å². The predicted octanol–water partition coefficient (Wildman–Crippen LogP) is 1.08. The monoisotopic (exact) mass is 272 g/mol. The summed E-state index contributed by atoms with van der Waals surface area (Å²) in [5.41, 5.74) is 1.24. The van der Waals surface area contributed by atoms with E-state index in [1.165, 1.54) is 11.2 Å². The SMILES string of the molecule is CN(C(=O)c1cn[nH]c1N1CCCC1)c1cncnc1. The highest BCUT2D eigenvalue weighted by atomic mass is 16.2. The van der Waals surface area contributed by atoms with E-state index in [-0.39, 0.29) is 5.91 Å². The van der Waals surface area contributed by atoms with Crippen molar-refractivity contribution < 1.29 is 4.79 Å². The first-order chi connectivity index (χ1) is 9.77. The van der Waals surface area contributed by atoms with Crippen molar-refractivity contribution in [1.82, 2.24) is 20.2 Å². The lowest BCUT2D eigenvalue weighted by Gasteiger charge is -2.20. The zero-order valence-corrected chi connectivity index (χ0v) is 11.3. The van der Waals surface area contributed by atoms with Gasteiger partial charge in [-0.25, -0.2) is 9.97 Å². The topological polar surface area (TPSA) is 78.0 Å². The molecule has 1 amide bonds. The molecule has 7 heteroatoms. The third kappa shape index (κ3) is 2.22. The Kier molecular flexibility index (Phi) is 3.32. The fourth-order valence-electron chi connectivity index (χ4n) is 2.38. The minimum absolute atomic E-state index is 0.115. The third-order valence-electron chi connectivity index (χ3n) is 3.51. The maximum atomic E-state index is 12.6. The van der Waals surface area contributed by atoms with Crippen LogP contribution >= 0.6 is 0 Å². The van der Waals surface area contributed by atoms with Crippen molar-refractivity contribution in [1.29, 1.82) is 0 Å². The normalized spacial score (nSPS) is 14.6. The number of nitrogens with zero attached hydrogens (tertiary/aromatic N) is 5. The van der Waals surface area contributed by atoms with Crippen molar-refractivity contribution in [2.45, 2.75) is 12.8 Å². The zero-order chi connectivity index (χ0) is 13.9. The predicted molar refractivity (Wildman–Crippen MR) is 74.8 cm³/mol. The smallest absolute Gasteiger partial charge is 0.263 e. The molecule has 2 aromatic rings. The van der Waals surface area contributed by atoms with E-state index in [1.807, 2.05) is 0 Å². The summed E-state index contributed by atoms with van der Waals surface area (Å²) in [6, 6.07) is 0. The number of carbonyl (C=O) groups is 1. The number of hydrogen-bond donors (Lipinski definition) is 1. The molecule has 20 heavy (non-hydrogen) atoms. The van der Waals surface area contributed by atoms with Crippen LogP contribution in [-0.2, 0) is 0 Å². The fraction of sp³-hybridized carbons (Fsp3) is 0.385. The molecular weight excluding hydrogens is 256 g/mol. The summed E-state index contributed by atoms with van der Waals surface area (Å²) >= 11 is 0. The molecule has 1 saturated heterocycles. The molecule has 3 rings (SSSR count). The largest absolute Gasteiger partial charge is 0.356 e. The lowest BCUT2D eigenvalue weighted by atomic mass is 10.2. The number of aromatic nitrogens is 4. The Bertz CT molecular complexity index is 590. The Balaban J connectivity index is 1.86. The molecule has 1 N–H and O–H groups in total. The number of anilines is 2. The quantitative estimate of drug-likeness (QED) is 0.904. The number of hydrogen-bond acceptors (Lipinski definition) is 5. The highest BCUT2D eigenvalue weighted by Crippen LogP contribution is 2.24. The van der Waals surface area contributed by atoms with Gasteiger partial charge in [-0.3, -0.25) is 9.89 Å². The molecule has 0 saturated carbocycles. The van der Waals surface area contributed by atoms with E-state index in [2.05, 4.69) is 25.1 Å². The van der Waals surface area contributed by atoms with Gasteiger partial charge in [0.2, 0.25) is 0 Å². The molecule has 7 nitrogen and oxygen atoms in total. The van der Waals surface area contributed by atoms with E-state index in [0.29, 0.717) is 11.3 Å². The third-order valence-corrected chi connectivity index (χ3v) is 3.51. The van der Waals surface area contributed by atoms with Crippen molar-refractivity contribution in [2.24, 2.45) is 0 Å². The maximum absolute atomic E-state index is 12.6. The highest BCUT2D eigenvalue weighted by molar-refractivity contribution is 6.08. The van der Waals surface area contributed by atoms with Gasteiger partial charge in [-0.15, -0.1) is 0 Å². The molecular formula is C13H16N6O. The molecule has 104 valence electrons. The van der Waals surface area contributed by atoms with E-state index in [0.717, 1.165) is 31.7 Å². The van der Waals surface area contributed by atoms with Crippen LogP contribution in [0, 0.1) is 0 Å². The van der Waals surface area contributed by atoms with Gasteiger partial charge in [-0.05, 0) is 12.8 Å². The molecule has 0 spiro atoms. The van der Waals surface area contributed by atoms with Crippen LogP contribution in [0.25, 0.3) is 0 Å². The molecule has 0 radical (unpaired) electrons. The molecule has 0 unspecified atom stereocenters. The Morgan fingerprint density at radius 2 is 1.95 bits per heavy atom. The number of nitrogens with one attached hydrogen (secondary N) is 1. The Morgan fingerprint density at radius 1 is 1.25 bits per heavy atom. The van der Waals surface area contributed by atoms with Gasteiger partial charge in [0.15, 0.2) is 0 Å². The minimum atomic E-state index is -0.115. The van der Waals surface area contributed by atoms with Gasteiger partial charge in [-0.2, -0.15) is 5.10 Å². The molecule has 3 heterocycles. The van der Waals surface area contributed by atoms with Gasteiger partial charge in [0, 0.05) is 20.1 Å². The number of aromatic amines is 1. The number of amides is 1. The van der Waals surface area contributed by atoms with Gasteiger partial charge in [0.25, 0.3) is 5.91 Å². The Labute approximate surface area is 116 Å². The number of carbonyl (C=O) groups excluding carboxylic acids is 1. The summed E-state index contributed by atoms with van der Waals surface area (Å²) in [6.45, 7) is 1.92. The summed E-state index contributed by atoms with van der Waals surface area (Å²) in [6.07, 6.45) is 8.54. The fourth-order valence-corrected chi connectivity index (χ4v) is 2.38. The van der Waals surface area contributed by atoms with Crippen LogP contribution in [-0.4, -0.2) is 46.2 Å². The van der Waals surface area contributed by atoms with Crippen LogP contribution in [0.1, 0.15) is 23.2 Å². The summed E-state index contributed by atoms with van der Waals surface area (Å²) < 4.78 is 0. The summed E-state index contributed by atoms with van der Waals surface area (Å²) in [4.78, 5) is 24.1. The summed E-state index contributed by atoms with van der Waals surface area (Å²) in [5.74, 6) is 0.687. The van der Waals surface area contributed by atoms with Crippen molar-refractivity contribution >= 4 is 17.4 Å². The lowest BCUT2D eigenvalue weighted by molar-refractivity contribution is 0.0993. The van der Waals surface area contributed by atoms with Gasteiger partial charge < -0.3 is 9.80 Å². The van der Waals surface area contributed by atoms with Crippen LogP contribution in [0.15, 0.2) is 24.9 Å². The van der Waals surface area contributed by atoms with Crippen LogP contribution in [0.2, 0.25) is 0 Å². The molecule has 1 fully saturated rings. The molecule has 0 atom stereocenters. The first-order valence-electron chi connectivity index (χ1n) is 6.59. The molecule has 2 aromatic heterocycles. The molecule has 1 aliphatic heterocycles. The number of rotatable bonds is 3. The lowest BCUT2D eigenvalue weighted by Crippen LogP contribution is -2.29. The van der Waals surface area contributed by atoms with E-state index in [9.17, 15) is 4.79 Å². The second-order valence-corrected chi connectivity index (χ2v) is 4.79. The maximum Gasteiger partial charge on any atom is 0.263 e. The first-order valence-corrected chi connectivity index (χ1v) is 6.59. The van der Waals surface area contributed by atoms with Gasteiger partial charge >= 0.3 is 0 Å². The summed E-state index contributed by atoms with van der Waals surface area (Å²) in [7, 11) is 1.71. The van der Waals surface area contributed by atoms with Crippen molar-refractivity contribution in [3.8, 4) is 0 Å². The standard InChI is InChI=1S/C13H16N6O/c1-18(10-6-14-9-15-7-10)13(20)11-8-16-17-12(11)19-4-2-3-5-19/h6-9H,2-5H2,1H3,(H,16,17). The van der Waals surface area contributed by atoms with Gasteiger partial charge in [-0.1, -0.05) is 0 Å². The average Bonchev–Trinajstić information content (AvgIpc) is 3.16. The Morgan fingerprint density at radius 3 is 2.65 bits per heavy atom. The molecule has 1 aliphatic rings. The molecule has 0 bridgehead atoms. The van der Waals surface area contributed by atoms with Crippen molar-refractivity contribution in [2.75, 3.05) is 29.9 Å². The second-order valence-electron chi connectivity index (χ2n) is 4.79. The van der Waals surface area contributed by atoms with E-state index < -0.39 is 0 Å². The van der Waals surface area contributed by atoms with Crippen molar-refractivity contribution in [3.63, 3.8) is 0 Å². The van der Waals surface area contributed by atoms with Crippen LogP contribution in [0.5, 0.6) is 0 Å². The average molecular weight is 272 g/mol. The van der Waals surface area contributed by atoms with E-state index >= 15 is 0 Å². The second kappa shape index (κ2) is 5.28. The van der Waals surface area contributed by atoms with Gasteiger partial charge in [0.05, 0.1) is 24.3 Å². The zero-order valence-electron chi connectivity index (χ0n) is 11.3. The minimum Gasteiger partial charge on any atom is -0.356 e. The van der Waals surface area contributed by atoms with Crippen LogP contribution < -0.4 is 9.80 Å². The Hall–Kier alpha value is -2.44. The summed E-state index contributed by atoms with van der Waals surface area (Å²) in [5, 5.41) is 6.95. The van der Waals surface area contributed by atoms with Gasteiger partial charge in [0.1, 0.15) is 17.7 Å². The number of H-pyrrole nitrogens is 1. The van der Waals surface area contributed by atoms with E-state index in [1.54, 1.807) is 25.6 Å². The highest BCUT2D eigenvalue weighted by Gasteiger charge is 2.24. The first kappa shape index (κ1) is 12.6. The van der Waals surface area contributed by atoms with Crippen molar-refractivity contribution in [3.05, 3.63) is 30.5 Å².